The minimum absolute atomic E-state index is 0.168. The van der Waals surface area contributed by atoms with Gasteiger partial charge in [-0.15, -0.1) is 0 Å². The van der Waals surface area contributed by atoms with E-state index in [4.69, 9.17) is 0 Å². The van der Waals surface area contributed by atoms with Crippen molar-refractivity contribution in [1.82, 2.24) is 0 Å². The third kappa shape index (κ3) is 4.13. The second-order valence-corrected chi connectivity index (χ2v) is 6.86. The second kappa shape index (κ2) is 6.28. The van der Waals surface area contributed by atoms with E-state index in [2.05, 4.69) is 9.62 Å². The van der Waals surface area contributed by atoms with Crippen LogP contribution in [0, 0.1) is 0 Å². The predicted molar refractivity (Wildman–Crippen MR) is 80.2 cm³/mol. The summed E-state index contributed by atoms with van der Waals surface area (Å²) < 4.78 is 26.2. The van der Waals surface area contributed by atoms with E-state index in [0.29, 0.717) is 12.1 Å². The van der Waals surface area contributed by atoms with Crippen LogP contribution < -0.4 is 9.62 Å². The molecule has 5 heteroatoms. The summed E-state index contributed by atoms with van der Waals surface area (Å²) in [5, 5.41) is 0. The SMILES string of the molecule is CCCS(=O)(=O)Nc1cccc(N2CCCCC2)c1. The molecule has 1 aromatic carbocycles. The average molecular weight is 282 g/mol. The Kier molecular flexibility index (Phi) is 4.69. The molecule has 19 heavy (non-hydrogen) atoms. The van der Waals surface area contributed by atoms with Crippen molar-refractivity contribution in [2.24, 2.45) is 0 Å². The number of nitrogens with one attached hydrogen (secondary N) is 1. The number of benzene rings is 1. The minimum atomic E-state index is -3.20. The zero-order valence-corrected chi connectivity index (χ0v) is 12.2. The first-order chi connectivity index (χ1) is 9.11. The number of hydrogen-bond acceptors (Lipinski definition) is 3. The topological polar surface area (TPSA) is 49.4 Å². The molecule has 1 fully saturated rings. The maximum absolute atomic E-state index is 11.8. The van der Waals surface area contributed by atoms with Gasteiger partial charge >= 0.3 is 0 Å². The number of rotatable bonds is 5. The molecule has 0 bridgehead atoms. The lowest BCUT2D eigenvalue weighted by Crippen LogP contribution is -2.29. The molecule has 106 valence electrons. The molecule has 1 heterocycles. The van der Waals surface area contributed by atoms with Crippen LogP contribution in [-0.4, -0.2) is 27.3 Å². The fourth-order valence-electron chi connectivity index (χ4n) is 2.42. The molecule has 1 N–H and O–H groups in total. The highest BCUT2D eigenvalue weighted by molar-refractivity contribution is 7.92. The summed E-state index contributed by atoms with van der Waals surface area (Å²) in [5.74, 6) is 0.168. The van der Waals surface area contributed by atoms with Crippen LogP contribution in [0.15, 0.2) is 24.3 Å². The first-order valence-corrected chi connectivity index (χ1v) is 8.61. The highest BCUT2D eigenvalue weighted by atomic mass is 32.2. The summed E-state index contributed by atoms with van der Waals surface area (Å²) in [6.45, 7) is 3.99. The van der Waals surface area contributed by atoms with E-state index in [1.807, 2.05) is 25.1 Å². The van der Waals surface area contributed by atoms with Gasteiger partial charge in [0.05, 0.1) is 11.4 Å². The zero-order valence-electron chi connectivity index (χ0n) is 11.4. The molecular weight excluding hydrogens is 260 g/mol. The number of piperidine rings is 1. The minimum Gasteiger partial charge on any atom is -0.371 e. The molecule has 4 nitrogen and oxygen atoms in total. The van der Waals surface area contributed by atoms with Crippen molar-refractivity contribution in [3.8, 4) is 0 Å². The van der Waals surface area contributed by atoms with E-state index in [-0.39, 0.29) is 5.75 Å². The average Bonchev–Trinajstić information content (AvgIpc) is 2.39. The Labute approximate surface area is 115 Å². The van der Waals surface area contributed by atoms with Crippen molar-refractivity contribution in [2.45, 2.75) is 32.6 Å². The van der Waals surface area contributed by atoms with Gasteiger partial charge in [0.2, 0.25) is 10.0 Å². The molecule has 1 aliphatic rings. The number of hydrogen-bond donors (Lipinski definition) is 1. The van der Waals surface area contributed by atoms with Gasteiger partial charge in [0, 0.05) is 18.8 Å². The summed E-state index contributed by atoms with van der Waals surface area (Å²) in [7, 11) is -3.20. The molecule has 0 aromatic heterocycles. The van der Waals surface area contributed by atoms with E-state index in [1.165, 1.54) is 19.3 Å². The van der Waals surface area contributed by atoms with Crippen LogP contribution in [0.4, 0.5) is 11.4 Å². The molecular formula is C14H22N2O2S. The first kappa shape index (κ1) is 14.2. The van der Waals surface area contributed by atoms with Crippen LogP contribution in [0.25, 0.3) is 0 Å². The summed E-state index contributed by atoms with van der Waals surface area (Å²) in [6.07, 6.45) is 4.35. The van der Waals surface area contributed by atoms with Crippen molar-refractivity contribution >= 4 is 21.4 Å². The molecule has 0 amide bonds. The van der Waals surface area contributed by atoms with Gasteiger partial charge in [-0.2, -0.15) is 0 Å². The van der Waals surface area contributed by atoms with Gasteiger partial charge in [-0.25, -0.2) is 8.42 Å². The van der Waals surface area contributed by atoms with Crippen molar-refractivity contribution in [3.63, 3.8) is 0 Å². The van der Waals surface area contributed by atoms with Gasteiger partial charge in [0.25, 0.3) is 0 Å². The lowest BCUT2D eigenvalue weighted by molar-refractivity contribution is 0.578. The van der Waals surface area contributed by atoms with E-state index in [0.717, 1.165) is 18.8 Å². The van der Waals surface area contributed by atoms with Gasteiger partial charge in [-0.3, -0.25) is 4.72 Å². The quantitative estimate of drug-likeness (QED) is 0.903. The Bertz CT molecular complexity index is 508. The van der Waals surface area contributed by atoms with E-state index in [1.54, 1.807) is 6.07 Å². The summed E-state index contributed by atoms with van der Waals surface area (Å²) in [6, 6.07) is 7.69. The molecule has 1 aromatic rings. The number of nitrogens with zero attached hydrogens (tertiary/aromatic N) is 1. The molecule has 2 rings (SSSR count). The number of anilines is 2. The summed E-state index contributed by atoms with van der Waals surface area (Å²) >= 11 is 0. The van der Waals surface area contributed by atoms with Gasteiger partial charge in [-0.05, 0) is 43.9 Å². The van der Waals surface area contributed by atoms with Gasteiger partial charge in [0.15, 0.2) is 0 Å². The zero-order chi connectivity index (χ0) is 13.7. The molecule has 1 saturated heterocycles. The fraction of sp³-hybridized carbons (Fsp3) is 0.571. The Hall–Kier alpha value is -1.23. The van der Waals surface area contributed by atoms with Crippen LogP contribution in [0.1, 0.15) is 32.6 Å². The van der Waals surface area contributed by atoms with E-state index < -0.39 is 10.0 Å². The molecule has 0 saturated carbocycles. The van der Waals surface area contributed by atoms with Crippen LogP contribution >= 0.6 is 0 Å². The maximum Gasteiger partial charge on any atom is 0.232 e. The Morgan fingerprint density at radius 2 is 1.95 bits per heavy atom. The van der Waals surface area contributed by atoms with Gasteiger partial charge in [-0.1, -0.05) is 13.0 Å². The summed E-state index contributed by atoms with van der Waals surface area (Å²) in [5.41, 5.74) is 1.77. The molecule has 0 spiro atoms. The number of sulfonamides is 1. The standard InChI is InChI=1S/C14H22N2O2S/c1-2-11-19(17,18)15-13-7-6-8-14(12-13)16-9-4-3-5-10-16/h6-8,12,15H,2-5,9-11H2,1H3. The predicted octanol–water partition coefficient (Wildman–Crippen LogP) is 2.83. The second-order valence-electron chi connectivity index (χ2n) is 5.02. The maximum atomic E-state index is 11.8. The highest BCUT2D eigenvalue weighted by Crippen LogP contribution is 2.23. The van der Waals surface area contributed by atoms with Crippen molar-refractivity contribution in [2.75, 3.05) is 28.5 Å². The largest absolute Gasteiger partial charge is 0.371 e. The molecule has 1 aliphatic heterocycles. The van der Waals surface area contributed by atoms with Crippen molar-refractivity contribution in [3.05, 3.63) is 24.3 Å². The molecule has 0 aliphatic carbocycles. The van der Waals surface area contributed by atoms with Gasteiger partial charge in [0.1, 0.15) is 0 Å². The van der Waals surface area contributed by atoms with Crippen molar-refractivity contribution < 1.29 is 8.42 Å². The van der Waals surface area contributed by atoms with E-state index >= 15 is 0 Å². The van der Waals surface area contributed by atoms with Gasteiger partial charge < -0.3 is 4.90 Å². The van der Waals surface area contributed by atoms with Crippen molar-refractivity contribution in [1.29, 1.82) is 0 Å². The summed E-state index contributed by atoms with van der Waals surface area (Å²) in [4.78, 5) is 2.32. The molecule has 0 atom stereocenters. The third-order valence-electron chi connectivity index (χ3n) is 3.31. The third-order valence-corrected chi connectivity index (χ3v) is 4.81. The lowest BCUT2D eigenvalue weighted by atomic mass is 10.1. The lowest BCUT2D eigenvalue weighted by Gasteiger charge is -2.29. The van der Waals surface area contributed by atoms with E-state index in [9.17, 15) is 8.42 Å². The Morgan fingerprint density at radius 1 is 1.21 bits per heavy atom. The van der Waals surface area contributed by atoms with Crippen LogP contribution in [0.5, 0.6) is 0 Å². The fourth-order valence-corrected chi connectivity index (χ4v) is 3.54. The molecule has 0 unspecified atom stereocenters. The first-order valence-electron chi connectivity index (χ1n) is 6.96. The Morgan fingerprint density at radius 3 is 2.63 bits per heavy atom. The smallest absolute Gasteiger partial charge is 0.232 e. The Balaban J connectivity index is 2.10. The normalized spacial score (nSPS) is 16.4. The van der Waals surface area contributed by atoms with Crippen LogP contribution in [0.2, 0.25) is 0 Å². The molecule has 0 radical (unpaired) electrons. The van der Waals surface area contributed by atoms with Crippen LogP contribution in [-0.2, 0) is 10.0 Å². The van der Waals surface area contributed by atoms with Crippen LogP contribution in [0.3, 0.4) is 0 Å². The monoisotopic (exact) mass is 282 g/mol. The highest BCUT2D eigenvalue weighted by Gasteiger charge is 2.13.